The van der Waals surface area contributed by atoms with Gasteiger partial charge in [-0.3, -0.25) is 9.36 Å². The maximum atomic E-state index is 14.8. The minimum atomic E-state index is -4.69. The summed E-state index contributed by atoms with van der Waals surface area (Å²) in [5, 5.41) is 0.251. The average molecular weight is 458 g/mol. The third-order valence-electron chi connectivity index (χ3n) is 5.22. The number of alkyl halides is 3. The molecule has 0 radical (unpaired) electrons. The molecule has 0 amide bonds. The molecule has 0 saturated heterocycles. The molecule has 33 heavy (non-hydrogen) atoms. The van der Waals surface area contributed by atoms with Crippen LogP contribution in [0.25, 0.3) is 22.3 Å². The minimum absolute atomic E-state index is 0.116. The lowest BCUT2D eigenvalue weighted by Crippen LogP contribution is -2.25. The van der Waals surface area contributed by atoms with Crippen LogP contribution < -0.4 is 15.0 Å². The molecule has 0 N–H and O–H groups in total. The Hall–Kier alpha value is -3.88. The molecule has 0 spiro atoms. The van der Waals surface area contributed by atoms with Crippen molar-refractivity contribution in [3.8, 4) is 22.9 Å². The quantitative estimate of drug-likeness (QED) is 0.382. The average Bonchev–Trinajstić information content (AvgIpc) is 2.80. The van der Waals surface area contributed by atoms with Gasteiger partial charge in [0.1, 0.15) is 23.1 Å². The summed E-state index contributed by atoms with van der Waals surface area (Å²) >= 11 is 0. The second-order valence-corrected chi connectivity index (χ2v) is 7.21. The zero-order valence-corrected chi connectivity index (χ0v) is 17.6. The Kier molecular flexibility index (Phi) is 5.80. The van der Waals surface area contributed by atoms with Crippen molar-refractivity contribution in [2.45, 2.75) is 12.7 Å². The van der Waals surface area contributed by atoms with Crippen LogP contribution in [0.15, 0.2) is 65.5 Å². The third-order valence-corrected chi connectivity index (χ3v) is 5.22. The largest absolute Gasteiger partial charge is 0.497 e. The molecule has 5 nitrogen and oxygen atoms in total. The van der Waals surface area contributed by atoms with Crippen molar-refractivity contribution < 1.29 is 27.0 Å². The second kappa shape index (κ2) is 8.57. The molecule has 0 bridgehead atoms. The van der Waals surface area contributed by atoms with Gasteiger partial charge < -0.3 is 9.47 Å². The van der Waals surface area contributed by atoms with Crippen LogP contribution in [0.5, 0.6) is 11.5 Å². The summed E-state index contributed by atoms with van der Waals surface area (Å²) < 4.78 is 66.5. The summed E-state index contributed by atoms with van der Waals surface area (Å²) in [4.78, 5) is 17.7. The fraction of sp³-hybridized carbons (Fsp3) is 0.167. The van der Waals surface area contributed by atoms with Crippen molar-refractivity contribution in [1.29, 1.82) is 0 Å². The van der Waals surface area contributed by atoms with E-state index in [0.717, 1.165) is 10.6 Å². The van der Waals surface area contributed by atoms with Crippen molar-refractivity contribution in [2.24, 2.45) is 0 Å². The van der Waals surface area contributed by atoms with E-state index in [0.29, 0.717) is 29.2 Å². The molecule has 3 aromatic carbocycles. The van der Waals surface area contributed by atoms with Crippen molar-refractivity contribution in [3.63, 3.8) is 0 Å². The topological polar surface area (TPSA) is 53.4 Å². The Morgan fingerprint density at radius 2 is 1.73 bits per heavy atom. The first-order chi connectivity index (χ1) is 15.7. The molecule has 0 fully saturated rings. The number of aromatic nitrogens is 2. The highest BCUT2D eigenvalue weighted by molar-refractivity contribution is 5.79. The summed E-state index contributed by atoms with van der Waals surface area (Å²) in [6, 6.07) is 13.3. The van der Waals surface area contributed by atoms with Crippen LogP contribution in [0, 0.1) is 5.82 Å². The van der Waals surface area contributed by atoms with Crippen molar-refractivity contribution in [1.82, 2.24) is 9.55 Å². The van der Waals surface area contributed by atoms with E-state index < -0.39 is 28.7 Å². The van der Waals surface area contributed by atoms with Crippen molar-refractivity contribution in [2.75, 3.05) is 14.2 Å². The number of rotatable bonds is 5. The lowest BCUT2D eigenvalue weighted by Gasteiger charge is -2.17. The highest BCUT2D eigenvalue weighted by Gasteiger charge is 2.32. The summed E-state index contributed by atoms with van der Waals surface area (Å²) in [5.74, 6) is -0.241. The zero-order chi connectivity index (χ0) is 23.8. The van der Waals surface area contributed by atoms with Crippen LogP contribution in [0.3, 0.4) is 0 Å². The van der Waals surface area contributed by atoms with E-state index in [1.54, 1.807) is 42.5 Å². The lowest BCUT2D eigenvalue weighted by atomic mass is 10.1. The Morgan fingerprint density at radius 3 is 2.42 bits per heavy atom. The van der Waals surface area contributed by atoms with Crippen LogP contribution in [0.1, 0.15) is 11.1 Å². The third kappa shape index (κ3) is 4.26. The predicted octanol–water partition coefficient (Wildman–Crippen LogP) is 5.29. The van der Waals surface area contributed by atoms with E-state index in [1.165, 1.54) is 14.2 Å². The minimum Gasteiger partial charge on any atom is -0.497 e. The molecule has 0 atom stereocenters. The van der Waals surface area contributed by atoms with E-state index in [4.69, 9.17) is 9.47 Å². The van der Waals surface area contributed by atoms with Gasteiger partial charge in [-0.25, -0.2) is 9.37 Å². The summed E-state index contributed by atoms with van der Waals surface area (Å²) in [6.45, 7) is -0.116. The summed E-state index contributed by atoms with van der Waals surface area (Å²) in [6.07, 6.45) is -4.69. The molecular formula is C24H18F4N2O3. The van der Waals surface area contributed by atoms with Crippen LogP contribution >= 0.6 is 0 Å². The van der Waals surface area contributed by atoms with Crippen LogP contribution in [-0.4, -0.2) is 23.8 Å². The lowest BCUT2D eigenvalue weighted by molar-refractivity contribution is -0.137. The van der Waals surface area contributed by atoms with Gasteiger partial charge in [0.15, 0.2) is 0 Å². The molecule has 1 heterocycles. The predicted molar refractivity (Wildman–Crippen MR) is 115 cm³/mol. The zero-order valence-electron chi connectivity index (χ0n) is 17.6. The number of halogens is 4. The smallest absolute Gasteiger partial charge is 0.416 e. The summed E-state index contributed by atoms with van der Waals surface area (Å²) in [7, 11) is 2.92. The molecule has 0 saturated carbocycles. The van der Waals surface area contributed by atoms with E-state index >= 15 is 0 Å². The maximum absolute atomic E-state index is 14.8. The Labute approximate surface area is 185 Å². The van der Waals surface area contributed by atoms with Gasteiger partial charge in [0.05, 0.1) is 42.8 Å². The van der Waals surface area contributed by atoms with Gasteiger partial charge >= 0.3 is 6.18 Å². The molecular weight excluding hydrogens is 440 g/mol. The number of methoxy groups -OCH3 is 2. The number of hydrogen-bond donors (Lipinski definition) is 0. The first-order valence-electron chi connectivity index (χ1n) is 9.80. The first-order valence-corrected chi connectivity index (χ1v) is 9.80. The second-order valence-electron chi connectivity index (χ2n) is 7.21. The Morgan fingerprint density at radius 1 is 0.970 bits per heavy atom. The molecule has 0 aliphatic rings. The molecule has 4 aromatic rings. The Bertz CT molecular complexity index is 1400. The van der Waals surface area contributed by atoms with Gasteiger partial charge in [-0.15, -0.1) is 0 Å². The van der Waals surface area contributed by atoms with Gasteiger partial charge in [0.25, 0.3) is 5.56 Å². The maximum Gasteiger partial charge on any atom is 0.416 e. The molecule has 0 aliphatic carbocycles. The Balaban J connectivity index is 1.99. The number of ether oxygens (including phenoxy) is 2. The van der Waals surface area contributed by atoms with Crippen LogP contribution in [-0.2, 0) is 12.7 Å². The van der Waals surface area contributed by atoms with E-state index in [9.17, 15) is 22.4 Å². The van der Waals surface area contributed by atoms with Gasteiger partial charge in [-0.2, -0.15) is 13.2 Å². The van der Waals surface area contributed by atoms with Gasteiger partial charge in [-0.05, 0) is 42.5 Å². The van der Waals surface area contributed by atoms with Gasteiger partial charge in [0, 0.05) is 11.6 Å². The van der Waals surface area contributed by atoms with Crippen molar-refractivity contribution in [3.05, 3.63) is 88.0 Å². The molecule has 0 aliphatic heterocycles. The normalized spacial score (nSPS) is 11.6. The fourth-order valence-electron chi connectivity index (χ4n) is 3.55. The highest BCUT2D eigenvalue weighted by atomic mass is 19.4. The first kappa shape index (κ1) is 22.3. The van der Waals surface area contributed by atoms with E-state index in [-0.39, 0.29) is 23.3 Å². The highest BCUT2D eigenvalue weighted by Crippen LogP contribution is 2.34. The monoisotopic (exact) mass is 458 g/mol. The number of hydrogen-bond acceptors (Lipinski definition) is 4. The fourth-order valence-corrected chi connectivity index (χ4v) is 3.55. The van der Waals surface area contributed by atoms with E-state index in [1.807, 2.05) is 0 Å². The number of fused-ring (bicyclic) bond motifs is 1. The number of para-hydroxylation sites is 1. The van der Waals surface area contributed by atoms with Crippen LogP contribution in [0.4, 0.5) is 17.6 Å². The van der Waals surface area contributed by atoms with E-state index in [2.05, 4.69) is 4.98 Å². The molecule has 4 rings (SSSR count). The molecule has 170 valence electrons. The number of nitrogens with zero attached hydrogens (tertiary/aromatic N) is 2. The SMILES string of the molecule is COc1ccc(Cn2c(-c3cc(C(F)(F)F)ccc3F)nc3ccccc3c2=O)c(OC)c1. The van der Waals surface area contributed by atoms with Gasteiger partial charge in [-0.1, -0.05) is 12.1 Å². The number of benzene rings is 3. The van der Waals surface area contributed by atoms with Crippen LogP contribution in [0.2, 0.25) is 0 Å². The standard InChI is InChI=1S/C24H18F4N2O3/c1-32-16-9-7-14(21(12-16)33-2)13-30-22(29-20-6-4-3-5-17(20)23(30)31)18-11-15(24(26,27)28)8-10-19(18)25/h3-12H,13H2,1-2H3. The molecule has 1 aromatic heterocycles. The molecule has 0 unspecified atom stereocenters. The molecule has 9 heteroatoms. The summed E-state index contributed by atoms with van der Waals surface area (Å²) in [5.41, 5.74) is -1.22. The van der Waals surface area contributed by atoms with Crippen molar-refractivity contribution >= 4 is 10.9 Å². The van der Waals surface area contributed by atoms with Gasteiger partial charge in [0.2, 0.25) is 0 Å².